The molecule has 2 rings (SSSR count). The number of benzene rings is 1. The summed E-state index contributed by atoms with van der Waals surface area (Å²) in [5, 5.41) is 21.3. The van der Waals surface area contributed by atoms with E-state index in [0.29, 0.717) is 12.1 Å². The van der Waals surface area contributed by atoms with Gasteiger partial charge in [0.1, 0.15) is 5.82 Å². The molecule has 0 atom stereocenters. The van der Waals surface area contributed by atoms with E-state index in [1.165, 1.54) is 12.1 Å². The quantitative estimate of drug-likeness (QED) is 0.874. The molecule has 21 heavy (non-hydrogen) atoms. The van der Waals surface area contributed by atoms with Gasteiger partial charge < -0.3 is 10.4 Å². The fourth-order valence-corrected chi connectivity index (χ4v) is 3.04. The molecule has 0 aliphatic heterocycles. The summed E-state index contributed by atoms with van der Waals surface area (Å²) in [5.41, 5.74) is 0.535. The van der Waals surface area contributed by atoms with E-state index in [2.05, 4.69) is 5.32 Å². The van der Waals surface area contributed by atoms with Crippen LogP contribution in [0.5, 0.6) is 0 Å². The van der Waals surface area contributed by atoms with Crippen LogP contribution in [-0.2, 0) is 11.3 Å². The molecule has 0 radical (unpaired) electrons. The van der Waals surface area contributed by atoms with E-state index in [1.54, 1.807) is 6.07 Å². The van der Waals surface area contributed by atoms with Gasteiger partial charge in [-0.3, -0.25) is 4.79 Å². The predicted octanol–water partition coefficient (Wildman–Crippen LogP) is 2.96. The van der Waals surface area contributed by atoms with Gasteiger partial charge in [-0.2, -0.15) is 5.26 Å². The Labute approximate surface area is 123 Å². The number of aliphatic carboxylic acids is 1. The zero-order chi connectivity index (χ0) is 15.3. The molecule has 0 spiro atoms. The van der Waals surface area contributed by atoms with Crippen LogP contribution in [0.3, 0.4) is 0 Å². The van der Waals surface area contributed by atoms with Crippen LogP contribution in [0.15, 0.2) is 18.2 Å². The lowest BCUT2D eigenvalue weighted by molar-refractivity contribution is -0.139. The topological polar surface area (TPSA) is 73.1 Å². The van der Waals surface area contributed by atoms with Gasteiger partial charge in [0.2, 0.25) is 0 Å². The molecular weight excluding hydrogens is 271 g/mol. The summed E-state index contributed by atoms with van der Waals surface area (Å²) >= 11 is 0. The van der Waals surface area contributed by atoms with Gasteiger partial charge >= 0.3 is 5.97 Å². The average Bonchev–Trinajstić information content (AvgIpc) is 2.45. The van der Waals surface area contributed by atoms with Crippen LogP contribution in [-0.4, -0.2) is 16.6 Å². The van der Waals surface area contributed by atoms with E-state index in [4.69, 9.17) is 10.4 Å². The summed E-state index contributed by atoms with van der Waals surface area (Å²) < 4.78 is 13.4. The summed E-state index contributed by atoms with van der Waals surface area (Å²) in [6.45, 7) is 0.375. The Bertz CT molecular complexity index is 560. The molecule has 5 heteroatoms. The summed E-state index contributed by atoms with van der Waals surface area (Å²) in [6.07, 6.45) is 4.86. The van der Waals surface area contributed by atoms with Gasteiger partial charge in [-0.1, -0.05) is 19.3 Å². The molecule has 112 valence electrons. The van der Waals surface area contributed by atoms with Gasteiger partial charge in [0.05, 0.1) is 18.1 Å². The van der Waals surface area contributed by atoms with Gasteiger partial charge in [-0.15, -0.1) is 0 Å². The number of nitrogens with one attached hydrogen (secondary N) is 1. The van der Waals surface area contributed by atoms with Crippen LogP contribution in [0, 0.1) is 17.1 Å². The van der Waals surface area contributed by atoms with E-state index < -0.39 is 17.3 Å². The van der Waals surface area contributed by atoms with Crippen molar-refractivity contribution in [3.8, 4) is 6.07 Å². The van der Waals surface area contributed by atoms with E-state index in [0.717, 1.165) is 32.1 Å². The van der Waals surface area contributed by atoms with E-state index >= 15 is 0 Å². The van der Waals surface area contributed by atoms with Crippen molar-refractivity contribution in [3.63, 3.8) is 0 Å². The Kier molecular flexibility index (Phi) is 4.92. The van der Waals surface area contributed by atoms with Crippen LogP contribution in [0.1, 0.15) is 49.7 Å². The number of hydrogen-bond acceptors (Lipinski definition) is 3. The lowest BCUT2D eigenvalue weighted by Crippen LogP contribution is -2.47. The normalized spacial score (nSPS) is 17.1. The number of hydrogen-bond donors (Lipinski definition) is 2. The Morgan fingerprint density at radius 1 is 1.33 bits per heavy atom. The van der Waals surface area contributed by atoms with E-state index in [1.807, 2.05) is 6.07 Å². The molecule has 0 unspecified atom stereocenters. The van der Waals surface area contributed by atoms with E-state index in [9.17, 15) is 9.18 Å². The van der Waals surface area contributed by atoms with Crippen molar-refractivity contribution in [2.75, 3.05) is 0 Å². The molecule has 2 N–H and O–H groups in total. The SMILES string of the molecule is N#Cc1cc(F)cc(CNC2(CC(=O)O)CCCCC2)c1. The van der Waals surface area contributed by atoms with Crippen LogP contribution < -0.4 is 5.32 Å². The minimum Gasteiger partial charge on any atom is -0.481 e. The molecule has 1 fully saturated rings. The summed E-state index contributed by atoms with van der Waals surface area (Å²) in [7, 11) is 0. The number of carboxylic acid groups (broad SMARTS) is 1. The van der Waals surface area contributed by atoms with Gasteiger partial charge in [-0.25, -0.2) is 4.39 Å². The Balaban J connectivity index is 2.09. The number of rotatable bonds is 5. The second-order valence-corrected chi connectivity index (χ2v) is 5.73. The number of carboxylic acids is 1. The van der Waals surface area contributed by atoms with Crippen LogP contribution in [0.25, 0.3) is 0 Å². The van der Waals surface area contributed by atoms with Gasteiger partial charge in [-0.05, 0) is 36.6 Å². The molecule has 0 heterocycles. The highest BCUT2D eigenvalue weighted by molar-refractivity contribution is 5.68. The van der Waals surface area contributed by atoms with Crippen molar-refractivity contribution in [3.05, 3.63) is 35.1 Å². The summed E-state index contributed by atoms with van der Waals surface area (Å²) in [5.74, 6) is -1.26. The molecular formula is C16H19FN2O2. The molecule has 1 saturated carbocycles. The minimum absolute atomic E-state index is 0.0768. The van der Waals surface area contributed by atoms with Gasteiger partial charge in [0.15, 0.2) is 0 Å². The fraction of sp³-hybridized carbons (Fsp3) is 0.500. The summed E-state index contributed by atoms with van der Waals surface area (Å²) in [4.78, 5) is 11.1. The lowest BCUT2D eigenvalue weighted by atomic mass is 9.79. The van der Waals surface area contributed by atoms with Crippen LogP contribution >= 0.6 is 0 Å². The molecule has 0 amide bonds. The zero-order valence-electron chi connectivity index (χ0n) is 11.9. The highest BCUT2D eigenvalue weighted by Gasteiger charge is 2.33. The number of nitrogens with zero attached hydrogens (tertiary/aromatic N) is 1. The molecule has 1 aliphatic rings. The van der Waals surface area contributed by atoms with Crippen molar-refractivity contribution in [2.24, 2.45) is 0 Å². The molecule has 1 aromatic carbocycles. The first kappa shape index (κ1) is 15.5. The van der Waals surface area contributed by atoms with Gasteiger partial charge in [0, 0.05) is 12.1 Å². The maximum Gasteiger partial charge on any atom is 0.305 e. The molecule has 1 aromatic rings. The van der Waals surface area contributed by atoms with Gasteiger partial charge in [0.25, 0.3) is 0 Å². The fourth-order valence-electron chi connectivity index (χ4n) is 3.04. The minimum atomic E-state index is -0.818. The highest BCUT2D eigenvalue weighted by Crippen LogP contribution is 2.31. The Morgan fingerprint density at radius 2 is 2.05 bits per heavy atom. The molecule has 1 aliphatic carbocycles. The lowest BCUT2D eigenvalue weighted by Gasteiger charge is -2.37. The van der Waals surface area contributed by atoms with Crippen molar-refractivity contribution < 1.29 is 14.3 Å². The maximum atomic E-state index is 13.4. The smallest absolute Gasteiger partial charge is 0.305 e. The standard InChI is InChI=1S/C16H19FN2O2/c17-14-7-12(10-18)6-13(8-14)11-19-16(9-15(20)21)4-2-1-3-5-16/h6-8,19H,1-5,9,11H2,(H,20,21). The molecule has 0 bridgehead atoms. The first-order valence-electron chi connectivity index (χ1n) is 7.19. The number of carbonyl (C=O) groups is 1. The van der Waals surface area contributed by atoms with Crippen LogP contribution in [0.2, 0.25) is 0 Å². The second-order valence-electron chi connectivity index (χ2n) is 5.73. The van der Waals surface area contributed by atoms with E-state index in [-0.39, 0.29) is 12.0 Å². The first-order valence-corrected chi connectivity index (χ1v) is 7.19. The third-order valence-electron chi connectivity index (χ3n) is 4.05. The Morgan fingerprint density at radius 3 is 2.67 bits per heavy atom. The largest absolute Gasteiger partial charge is 0.481 e. The van der Waals surface area contributed by atoms with Crippen molar-refractivity contribution >= 4 is 5.97 Å². The third kappa shape index (κ3) is 4.27. The first-order chi connectivity index (χ1) is 10.0. The second kappa shape index (κ2) is 6.68. The number of nitriles is 1. The maximum absolute atomic E-state index is 13.4. The molecule has 0 saturated heterocycles. The zero-order valence-corrected chi connectivity index (χ0v) is 11.9. The average molecular weight is 290 g/mol. The van der Waals surface area contributed by atoms with Crippen molar-refractivity contribution in [2.45, 2.75) is 50.6 Å². The predicted molar refractivity (Wildman–Crippen MR) is 76.0 cm³/mol. The monoisotopic (exact) mass is 290 g/mol. The highest BCUT2D eigenvalue weighted by atomic mass is 19.1. The number of halogens is 1. The Hall–Kier alpha value is -1.93. The molecule has 0 aromatic heterocycles. The molecule has 4 nitrogen and oxygen atoms in total. The van der Waals surface area contributed by atoms with Crippen molar-refractivity contribution in [1.82, 2.24) is 5.32 Å². The van der Waals surface area contributed by atoms with Crippen molar-refractivity contribution in [1.29, 1.82) is 5.26 Å². The third-order valence-corrected chi connectivity index (χ3v) is 4.05. The summed E-state index contributed by atoms with van der Waals surface area (Å²) in [6, 6.07) is 6.13. The van der Waals surface area contributed by atoms with Crippen LogP contribution in [0.4, 0.5) is 4.39 Å².